The molecule has 27 heavy (non-hydrogen) atoms. The highest BCUT2D eigenvalue weighted by atomic mass is 127. The van der Waals surface area contributed by atoms with E-state index in [-0.39, 0.29) is 24.0 Å². The molecular weight excluding hydrogens is 473 g/mol. The van der Waals surface area contributed by atoms with Crippen LogP contribution in [-0.2, 0) is 11.3 Å². The summed E-state index contributed by atoms with van der Waals surface area (Å²) >= 11 is 1.71. The summed E-state index contributed by atoms with van der Waals surface area (Å²) in [5.74, 6) is 1.99. The maximum atomic E-state index is 5.50. The van der Waals surface area contributed by atoms with Crippen LogP contribution in [0.4, 0.5) is 0 Å². The fraction of sp³-hybridized carbons (Fsp3) is 0.789. The lowest BCUT2D eigenvalue weighted by molar-refractivity contribution is 0.0132. The van der Waals surface area contributed by atoms with E-state index in [0.29, 0.717) is 24.4 Å². The third-order valence-electron chi connectivity index (χ3n) is 4.60. The lowest BCUT2D eigenvalue weighted by atomic mass is 10.0. The smallest absolute Gasteiger partial charge is 0.191 e. The van der Waals surface area contributed by atoms with Crippen LogP contribution in [0.2, 0.25) is 0 Å². The Morgan fingerprint density at radius 1 is 1.26 bits per heavy atom. The number of aliphatic imine (C=N–C) groups is 1. The predicted octanol–water partition coefficient (Wildman–Crippen LogP) is 3.30. The van der Waals surface area contributed by atoms with Crippen LogP contribution in [0, 0.1) is 5.92 Å². The Hall–Kier alpha value is -0.450. The predicted molar refractivity (Wildman–Crippen MR) is 125 cm³/mol. The Bertz CT molecular complexity index is 558. The molecule has 1 aromatic rings. The summed E-state index contributed by atoms with van der Waals surface area (Å²) in [5, 5.41) is 10.1. The summed E-state index contributed by atoms with van der Waals surface area (Å²) < 4.78 is 5.50. The maximum absolute atomic E-state index is 5.50. The van der Waals surface area contributed by atoms with Gasteiger partial charge in [0.2, 0.25) is 0 Å². The molecule has 8 heteroatoms. The molecule has 1 aromatic heterocycles. The summed E-state index contributed by atoms with van der Waals surface area (Å²) in [5.41, 5.74) is 1.17. The van der Waals surface area contributed by atoms with Crippen LogP contribution in [0.25, 0.3) is 0 Å². The van der Waals surface area contributed by atoms with Crippen LogP contribution in [0.3, 0.4) is 0 Å². The minimum absolute atomic E-state index is 0. The molecule has 0 saturated carbocycles. The second-order valence-corrected chi connectivity index (χ2v) is 8.50. The minimum Gasteiger partial charge on any atom is -0.379 e. The van der Waals surface area contributed by atoms with Crippen LogP contribution in [0.1, 0.15) is 50.7 Å². The average molecular weight is 510 g/mol. The van der Waals surface area contributed by atoms with Crippen molar-refractivity contribution in [2.45, 2.75) is 52.6 Å². The number of halogens is 1. The van der Waals surface area contributed by atoms with Crippen molar-refractivity contribution in [1.29, 1.82) is 0 Å². The van der Waals surface area contributed by atoms with Crippen LogP contribution in [0.5, 0.6) is 0 Å². The van der Waals surface area contributed by atoms with Crippen molar-refractivity contribution in [2.24, 2.45) is 10.9 Å². The van der Waals surface area contributed by atoms with Crippen LogP contribution in [-0.4, -0.2) is 61.8 Å². The van der Waals surface area contributed by atoms with Gasteiger partial charge in [0.25, 0.3) is 0 Å². The molecule has 0 aliphatic carbocycles. The van der Waals surface area contributed by atoms with Gasteiger partial charge in [0.1, 0.15) is 5.01 Å². The van der Waals surface area contributed by atoms with Crippen molar-refractivity contribution in [2.75, 3.05) is 39.9 Å². The molecule has 1 unspecified atom stereocenters. The van der Waals surface area contributed by atoms with Gasteiger partial charge in [0.05, 0.1) is 25.5 Å². The molecule has 1 aliphatic rings. The van der Waals surface area contributed by atoms with E-state index >= 15 is 0 Å². The topological polar surface area (TPSA) is 61.8 Å². The van der Waals surface area contributed by atoms with Crippen molar-refractivity contribution in [3.05, 3.63) is 16.1 Å². The summed E-state index contributed by atoms with van der Waals surface area (Å²) in [7, 11) is 1.82. The van der Waals surface area contributed by atoms with Crippen molar-refractivity contribution >= 4 is 41.3 Å². The first kappa shape index (κ1) is 24.6. The van der Waals surface area contributed by atoms with Gasteiger partial charge >= 0.3 is 0 Å². The molecule has 1 atom stereocenters. The normalized spacial score (nSPS) is 17.1. The summed E-state index contributed by atoms with van der Waals surface area (Å²) in [6.07, 6.45) is 1.17. The Morgan fingerprint density at radius 2 is 1.96 bits per heavy atom. The number of aromatic nitrogens is 1. The Kier molecular flexibility index (Phi) is 11.7. The molecule has 0 bridgehead atoms. The largest absolute Gasteiger partial charge is 0.379 e. The molecule has 6 nitrogen and oxygen atoms in total. The number of thiazole rings is 1. The second-order valence-electron chi connectivity index (χ2n) is 7.56. The molecule has 156 valence electrons. The number of hydrogen-bond donors (Lipinski definition) is 2. The zero-order valence-electron chi connectivity index (χ0n) is 17.3. The number of hydrogen-bond acceptors (Lipinski definition) is 5. The van der Waals surface area contributed by atoms with Gasteiger partial charge in [-0.2, -0.15) is 0 Å². The highest BCUT2D eigenvalue weighted by Gasteiger charge is 2.22. The van der Waals surface area contributed by atoms with Gasteiger partial charge in [0, 0.05) is 38.1 Å². The lowest BCUT2D eigenvalue weighted by Crippen LogP contribution is -2.50. The van der Waals surface area contributed by atoms with Gasteiger partial charge in [0.15, 0.2) is 5.96 Å². The van der Waals surface area contributed by atoms with E-state index < -0.39 is 0 Å². The van der Waals surface area contributed by atoms with Gasteiger partial charge < -0.3 is 15.4 Å². The molecule has 1 saturated heterocycles. The molecule has 0 radical (unpaired) electrons. The Labute approximate surface area is 185 Å². The van der Waals surface area contributed by atoms with E-state index in [4.69, 9.17) is 4.74 Å². The van der Waals surface area contributed by atoms with Gasteiger partial charge in [-0.05, 0) is 18.3 Å². The molecule has 0 aromatic carbocycles. The van der Waals surface area contributed by atoms with E-state index in [1.165, 1.54) is 12.1 Å². The molecular formula is C19H36IN5OS. The first-order chi connectivity index (χ1) is 12.5. The minimum atomic E-state index is 0. The molecule has 2 rings (SSSR count). The summed E-state index contributed by atoms with van der Waals surface area (Å²) in [6, 6.07) is 0.504. The molecule has 0 spiro atoms. The van der Waals surface area contributed by atoms with E-state index in [2.05, 4.69) is 58.6 Å². The molecule has 1 fully saturated rings. The third-order valence-corrected chi connectivity index (χ3v) is 5.47. The monoisotopic (exact) mass is 509 g/mol. The van der Waals surface area contributed by atoms with E-state index in [1.54, 1.807) is 11.3 Å². The molecule has 2 N–H and O–H groups in total. The molecule has 2 heterocycles. The first-order valence-electron chi connectivity index (χ1n) is 9.70. The lowest BCUT2D eigenvalue weighted by Gasteiger charge is -2.35. The number of nitrogens with zero attached hydrogens (tertiary/aromatic N) is 3. The second kappa shape index (κ2) is 12.9. The van der Waals surface area contributed by atoms with Crippen LogP contribution >= 0.6 is 35.3 Å². The SMILES string of the molecule is CN=C(NCc1nc(C(C)C)cs1)NCC(CC(C)C)N1CCOCC1.I. The molecule has 0 amide bonds. The van der Waals surface area contributed by atoms with Gasteiger partial charge in [-0.1, -0.05) is 27.7 Å². The quantitative estimate of drug-likeness (QED) is 0.320. The van der Waals surface area contributed by atoms with E-state index in [9.17, 15) is 0 Å². The highest BCUT2D eigenvalue weighted by molar-refractivity contribution is 14.0. The third kappa shape index (κ3) is 8.62. The van der Waals surface area contributed by atoms with Crippen LogP contribution in [0.15, 0.2) is 10.4 Å². The fourth-order valence-corrected chi connectivity index (χ4v) is 4.01. The zero-order chi connectivity index (χ0) is 18.9. The summed E-state index contributed by atoms with van der Waals surface area (Å²) in [4.78, 5) is 11.6. The van der Waals surface area contributed by atoms with Gasteiger partial charge in [-0.3, -0.25) is 9.89 Å². The number of rotatable bonds is 8. The fourth-order valence-electron chi connectivity index (χ4n) is 3.11. The van der Waals surface area contributed by atoms with Gasteiger partial charge in [-0.25, -0.2) is 4.98 Å². The van der Waals surface area contributed by atoms with Crippen LogP contribution < -0.4 is 10.6 Å². The Morgan fingerprint density at radius 3 is 2.52 bits per heavy atom. The average Bonchev–Trinajstić information content (AvgIpc) is 3.10. The number of guanidine groups is 1. The first-order valence-corrected chi connectivity index (χ1v) is 10.6. The molecule has 1 aliphatic heterocycles. The van der Waals surface area contributed by atoms with Crippen molar-refractivity contribution in [3.8, 4) is 0 Å². The van der Waals surface area contributed by atoms with Gasteiger partial charge in [-0.15, -0.1) is 35.3 Å². The standard InChI is InChI=1S/C19H35N5OS.HI/c1-14(2)10-16(24-6-8-25-9-7-24)11-21-19(20-5)22-12-18-23-17(13-26-18)15(3)4;/h13-16H,6-12H2,1-5H3,(H2,20,21,22);1H. The number of nitrogens with one attached hydrogen (secondary N) is 2. The van der Waals surface area contributed by atoms with E-state index in [1.807, 2.05) is 7.05 Å². The highest BCUT2D eigenvalue weighted by Crippen LogP contribution is 2.17. The number of morpholine rings is 1. The Balaban J connectivity index is 0.00000364. The van der Waals surface area contributed by atoms with Crippen molar-refractivity contribution in [3.63, 3.8) is 0 Å². The van der Waals surface area contributed by atoms with Crippen molar-refractivity contribution < 1.29 is 4.74 Å². The maximum Gasteiger partial charge on any atom is 0.191 e. The zero-order valence-corrected chi connectivity index (χ0v) is 20.5. The number of ether oxygens (including phenoxy) is 1. The van der Waals surface area contributed by atoms with Crippen molar-refractivity contribution in [1.82, 2.24) is 20.5 Å². The summed E-state index contributed by atoms with van der Waals surface area (Å²) in [6.45, 7) is 14.2. The van der Waals surface area contributed by atoms with E-state index in [0.717, 1.165) is 43.8 Å².